The topological polar surface area (TPSA) is 82.7 Å². The van der Waals surface area contributed by atoms with E-state index < -0.39 is 5.97 Å². The number of nitrogens with one attached hydrogen (secondary N) is 1. The second kappa shape index (κ2) is 10.2. The summed E-state index contributed by atoms with van der Waals surface area (Å²) in [5.74, 6) is -1.12. The average molecular weight is 415 g/mol. The Hall–Kier alpha value is -3.00. The molecule has 0 aliphatic carbocycles. The minimum absolute atomic E-state index is 0.0363. The summed E-state index contributed by atoms with van der Waals surface area (Å²) in [7, 11) is 0. The summed E-state index contributed by atoms with van der Waals surface area (Å²) < 4.78 is 18.2. The van der Waals surface area contributed by atoms with E-state index in [4.69, 9.17) is 4.74 Å². The molecule has 3 rings (SSSR count). The normalized spacial score (nSPS) is 13.6. The zero-order valence-electron chi connectivity index (χ0n) is 17.0. The fourth-order valence-corrected chi connectivity index (χ4v) is 3.47. The number of hydrogen-bond donors (Lipinski definition) is 1. The minimum atomic E-state index is -0.439. The summed E-state index contributed by atoms with van der Waals surface area (Å²) >= 11 is 0. The molecule has 0 unspecified atom stereocenters. The molecule has 0 saturated carbocycles. The number of rotatable bonds is 9. The molecule has 2 aromatic rings. The molecule has 1 amide bonds. The van der Waals surface area contributed by atoms with Crippen molar-refractivity contribution >= 4 is 17.7 Å². The van der Waals surface area contributed by atoms with Gasteiger partial charge in [0.05, 0.1) is 19.7 Å². The van der Waals surface area contributed by atoms with Crippen LogP contribution in [0.3, 0.4) is 0 Å². The second-order valence-electron chi connectivity index (χ2n) is 7.30. The van der Waals surface area contributed by atoms with Crippen LogP contribution >= 0.6 is 0 Å². The van der Waals surface area contributed by atoms with Crippen molar-refractivity contribution in [1.82, 2.24) is 14.8 Å². The Morgan fingerprint density at radius 1 is 1.13 bits per heavy atom. The highest BCUT2D eigenvalue weighted by molar-refractivity contribution is 6.01. The molecule has 0 bridgehead atoms. The van der Waals surface area contributed by atoms with Crippen LogP contribution in [0.4, 0.5) is 4.39 Å². The van der Waals surface area contributed by atoms with E-state index in [0.29, 0.717) is 11.3 Å². The first-order valence-electron chi connectivity index (χ1n) is 10.1. The second-order valence-corrected chi connectivity index (χ2v) is 7.30. The summed E-state index contributed by atoms with van der Waals surface area (Å²) in [4.78, 5) is 43.5. The van der Waals surface area contributed by atoms with Gasteiger partial charge in [-0.25, -0.2) is 4.39 Å². The molecule has 0 atom stereocenters. The van der Waals surface area contributed by atoms with E-state index >= 15 is 0 Å². The van der Waals surface area contributed by atoms with Gasteiger partial charge in [-0.3, -0.25) is 19.3 Å². The number of carbonyl (C=O) groups is 3. The fourth-order valence-electron chi connectivity index (χ4n) is 3.47. The van der Waals surface area contributed by atoms with Gasteiger partial charge in [-0.2, -0.15) is 0 Å². The quantitative estimate of drug-likeness (QED) is 0.503. The number of esters is 1. The molecule has 2 heterocycles. The lowest BCUT2D eigenvalue weighted by atomic mass is 10.1. The van der Waals surface area contributed by atoms with E-state index in [1.165, 1.54) is 18.3 Å². The molecule has 0 spiro atoms. The lowest BCUT2D eigenvalue weighted by Crippen LogP contribution is -2.35. The number of amides is 1. The average Bonchev–Trinajstić information content (AvgIpc) is 3.42. The number of likely N-dealkylation sites (tertiary alicyclic amines) is 1. The molecule has 1 saturated heterocycles. The van der Waals surface area contributed by atoms with E-state index in [0.717, 1.165) is 31.5 Å². The molecule has 1 aliphatic heterocycles. The van der Waals surface area contributed by atoms with Crippen molar-refractivity contribution in [2.24, 2.45) is 0 Å². The number of Topliss-reactive ketones (excluding diaryl/α,β-unsaturated/α-hetero) is 1. The third-order valence-corrected chi connectivity index (χ3v) is 4.97. The van der Waals surface area contributed by atoms with Crippen LogP contribution in [-0.2, 0) is 16.1 Å². The zero-order chi connectivity index (χ0) is 21.5. The number of aromatic nitrogens is 1. The van der Waals surface area contributed by atoms with Crippen molar-refractivity contribution < 1.29 is 23.5 Å². The number of hydrogen-bond acceptors (Lipinski definition) is 5. The van der Waals surface area contributed by atoms with E-state index in [-0.39, 0.29) is 43.7 Å². The predicted molar refractivity (Wildman–Crippen MR) is 109 cm³/mol. The number of ether oxygens (including phenoxy) is 1. The van der Waals surface area contributed by atoms with Crippen LogP contribution in [0.2, 0.25) is 0 Å². The Morgan fingerprint density at radius 3 is 2.50 bits per heavy atom. The van der Waals surface area contributed by atoms with Gasteiger partial charge in [0, 0.05) is 31.4 Å². The van der Waals surface area contributed by atoms with Crippen molar-refractivity contribution in [1.29, 1.82) is 0 Å². The van der Waals surface area contributed by atoms with Gasteiger partial charge in [-0.05, 0) is 43.5 Å². The van der Waals surface area contributed by atoms with Crippen LogP contribution in [0.25, 0.3) is 0 Å². The van der Waals surface area contributed by atoms with Crippen LogP contribution in [0.1, 0.15) is 46.2 Å². The highest BCUT2D eigenvalue weighted by Crippen LogP contribution is 2.14. The standard InChI is InChI=1S/C22H26FN3O4/c1-2-30-21(28)15-25(13-16-5-7-18(23)8-6-16)14-20(27)17-11-19(24-12-17)22(29)26-9-3-4-10-26/h5-8,11-12,24H,2-4,9-10,13-15H2,1H3. The highest BCUT2D eigenvalue weighted by atomic mass is 19.1. The number of carbonyl (C=O) groups excluding carboxylic acids is 3. The van der Waals surface area contributed by atoms with Crippen LogP contribution in [0, 0.1) is 5.82 Å². The van der Waals surface area contributed by atoms with Gasteiger partial charge < -0.3 is 14.6 Å². The molecule has 30 heavy (non-hydrogen) atoms. The largest absolute Gasteiger partial charge is 0.465 e. The fraction of sp³-hybridized carbons (Fsp3) is 0.409. The third kappa shape index (κ3) is 5.76. The first kappa shape index (κ1) is 21.7. The summed E-state index contributed by atoms with van der Waals surface area (Å²) in [5, 5.41) is 0. The van der Waals surface area contributed by atoms with Crippen molar-refractivity contribution in [2.45, 2.75) is 26.3 Å². The number of aromatic amines is 1. The van der Waals surface area contributed by atoms with E-state index in [1.54, 1.807) is 34.9 Å². The van der Waals surface area contributed by atoms with Gasteiger partial charge in [-0.1, -0.05) is 12.1 Å². The van der Waals surface area contributed by atoms with Crippen molar-refractivity contribution in [2.75, 3.05) is 32.8 Å². The first-order valence-corrected chi connectivity index (χ1v) is 10.1. The van der Waals surface area contributed by atoms with Gasteiger partial charge >= 0.3 is 5.97 Å². The molecule has 1 fully saturated rings. The Morgan fingerprint density at radius 2 is 1.83 bits per heavy atom. The van der Waals surface area contributed by atoms with Gasteiger partial charge in [0.1, 0.15) is 11.5 Å². The monoisotopic (exact) mass is 415 g/mol. The summed E-state index contributed by atoms with van der Waals surface area (Å²) in [5.41, 5.74) is 1.54. The molecule has 1 aromatic heterocycles. The predicted octanol–water partition coefficient (Wildman–Crippen LogP) is 2.64. The number of nitrogens with zero attached hydrogens (tertiary/aromatic N) is 2. The third-order valence-electron chi connectivity index (χ3n) is 4.97. The number of H-pyrrole nitrogens is 1. The van der Waals surface area contributed by atoms with Crippen molar-refractivity contribution in [3.63, 3.8) is 0 Å². The lowest BCUT2D eigenvalue weighted by Gasteiger charge is -2.20. The molecular weight excluding hydrogens is 389 g/mol. The Labute approximate surface area is 174 Å². The number of benzene rings is 1. The van der Waals surface area contributed by atoms with Crippen LogP contribution in [0.15, 0.2) is 36.5 Å². The highest BCUT2D eigenvalue weighted by Gasteiger charge is 2.23. The first-order chi connectivity index (χ1) is 14.5. The summed E-state index contributed by atoms with van der Waals surface area (Å²) in [6, 6.07) is 7.45. The van der Waals surface area contributed by atoms with Gasteiger partial charge in [-0.15, -0.1) is 0 Å². The zero-order valence-corrected chi connectivity index (χ0v) is 17.0. The maximum atomic E-state index is 13.2. The van der Waals surface area contributed by atoms with Crippen LogP contribution in [-0.4, -0.2) is 65.2 Å². The molecule has 1 N–H and O–H groups in total. The number of ketones is 1. The minimum Gasteiger partial charge on any atom is -0.465 e. The Bertz CT molecular complexity index is 888. The van der Waals surface area contributed by atoms with Gasteiger partial charge in [0.25, 0.3) is 5.91 Å². The van der Waals surface area contributed by atoms with E-state index in [9.17, 15) is 18.8 Å². The number of halogens is 1. The maximum absolute atomic E-state index is 13.2. The molecule has 160 valence electrons. The van der Waals surface area contributed by atoms with E-state index in [1.807, 2.05) is 0 Å². The lowest BCUT2D eigenvalue weighted by molar-refractivity contribution is -0.144. The van der Waals surface area contributed by atoms with Crippen molar-refractivity contribution in [3.05, 3.63) is 59.2 Å². The Balaban J connectivity index is 1.67. The van der Waals surface area contributed by atoms with Crippen LogP contribution < -0.4 is 0 Å². The molecule has 8 heteroatoms. The molecular formula is C22H26FN3O4. The van der Waals surface area contributed by atoms with E-state index in [2.05, 4.69) is 4.98 Å². The molecule has 7 nitrogen and oxygen atoms in total. The maximum Gasteiger partial charge on any atom is 0.320 e. The summed E-state index contributed by atoms with van der Waals surface area (Å²) in [6.07, 6.45) is 3.50. The van der Waals surface area contributed by atoms with Gasteiger partial charge in [0.2, 0.25) is 0 Å². The van der Waals surface area contributed by atoms with Crippen molar-refractivity contribution in [3.8, 4) is 0 Å². The summed E-state index contributed by atoms with van der Waals surface area (Å²) in [6.45, 7) is 3.60. The van der Waals surface area contributed by atoms with Gasteiger partial charge in [0.15, 0.2) is 5.78 Å². The molecule has 1 aliphatic rings. The molecule has 0 radical (unpaired) electrons. The van der Waals surface area contributed by atoms with Crippen LogP contribution in [0.5, 0.6) is 0 Å². The smallest absolute Gasteiger partial charge is 0.320 e. The molecule has 1 aromatic carbocycles. The SMILES string of the molecule is CCOC(=O)CN(CC(=O)c1c[nH]c(C(=O)N2CCCC2)c1)Cc1ccc(F)cc1. The Kier molecular flexibility index (Phi) is 7.35.